The van der Waals surface area contributed by atoms with Gasteiger partial charge < -0.3 is 0 Å². The summed E-state index contributed by atoms with van der Waals surface area (Å²) in [6.07, 6.45) is 0. The first-order chi connectivity index (χ1) is 12.0. The molecule has 3 aromatic rings. The molecule has 0 radical (unpaired) electrons. The van der Waals surface area contributed by atoms with Gasteiger partial charge in [-0.2, -0.15) is 5.26 Å². The minimum Gasteiger partial charge on any atom is -0.268 e. The number of rotatable bonds is 4. The van der Waals surface area contributed by atoms with Crippen molar-refractivity contribution in [3.05, 3.63) is 63.9 Å². The van der Waals surface area contributed by atoms with Crippen LogP contribution in [0.4, 0.5) is 0 Å². The molecular weight excluding hydrogens is 330 g/mol. The molecule has 5 heteroatoms. The van der Waals surface area contributed by atoms with E-state index < -0.39 is 0 Å². The Balaban J connectivity index is 2.25. The molecule has 25 heavy (non-hydrogen) atoms. The van der Waals surface area contributed by atoms with Crippen LogP contribution in [0.1, 0.15) is 18.1 Å². The lowest BCUT2D eigenvalue weighted by molar-refractivity contribution is 0.806. The summed E-state index contributed by atoms with van der Waals surface area (Å²) in [7, 11) is 0. The van der Waals surface area contributed by atoms with Crippen molar-refractivity contribution < 1.29 is 0 Å². The first kappa shape index (κ1) is 17.2. The molecule has 0 N–H and O–H groups in total. The summed E-state index contributed by atoms with van der Waals surface area (Å²) < 4.78 is 1.66. The molecule has 0 aliphatic heterocycles. The third kappa shape index (κ3) is 3.59. The van der Waals surface area contributed by atoms with Gasteiger partial charge in [0.05, 0.1) is 28.6 Å². The van der Waals surface area contributed by atoms with Crippen LogP contribution >= 0.6 is 11.8 Å². The normalized spacial score (nSPS) is 12.1. The van der Waals surface area contributed by atoms with E-state index in [1.807, 2.05) is 51.1 Å². The van der Waals surface area contributed by atoms with Gasteiger partial charge in [0.1, 0.15) is 0 Å². The smallest absolute Gasteiger partial charge is 0.266 e. The van der Waals surface area contributed by atoms with Gasteiger partial charge in [-0.1, -0.05) is 30.0 Å². The fraction of sp³-hybridized carbons (Fsp3) is 0.250. The van der Waals surface area contributed by atoms with Crippen LogP contribution in [-0.2, 0) is 0 Å². The number of nitrogens with zero attached hydrogens (tertiary/aromatic N) is 3. The number of thioether (sulfide) groups is 1. The average Bonchev–Trinajstić information content (AvgIpc) is 2.58. The zero-order chi connectivity index (χ0) is 18.0. The Bertz CT molecular complexity index is 1010. The Morgan fingerprint density at radius 2 is 1.88 bits per heavy atom. The number of hydrogen-bond acceptors (Lipinski definition) is 4. The van der Waals surface area contributed by atoms with E-state index in [0.29, 0.717) is 21.8 Å². The number of para-hydroxylation sites is 1. The van der Waals surface area contributed by atoms with Crippen LogP contribution in [0, 0.1) is 31.1 Å². The quantitative estimate of drug-likeness (QED) is 0.522. The van der Waals surface area contributed by atoms with Gasteiger partial charge in [-0.15, -0.1) is 0 Å². The fourth-order valence-corrected chi connectivity index (χ4v) is 3.71. The number of nitriles is 1. The van der Waals surface area contributed by atoms with Gasteiger partial charge in [0, 0.05) is 5.75 Å². The van der Waals surface area contributed by atoms with Crippen molar-refractivity contribution in [3.63, 3.8) is 0 Å². The van der Waals surface area contributed by atoms with Gasteiger partial charge in [0.25, 0.3) is 5.56 Å². The first-order valence-electron chi connectivity index (χ1n) is 8.12. The topological polar surface area (TPSA) is 58.7 Å². The lowest BCUT2D eigenvalue weighted by atomic mass is 10.1. The van der Waals surface area contributed by atoms with E-state index in [0.717, 1.165) is 16.8 Å². The highest BCUT2D eigenvalue weighted by atomic mass is 32.2. The molecule has 0 amide bonds. The summed E-state index contributed by atoms with van der Waals surface area (Å²) in [6.45, 7) is 5.90. The molecule has 1 heterocycles. The zero-order valence-electron chi connectivity index (χ0n) is 14.5. The van der Waals surface area contributed by atoms with E-state index in [-0.39, 0.29) is 11.5 Å². The van der Waals surface area contributed by atoms with Gasteiger partial charge in [-0.3, -0.25) is 9.36 Å². The SMILES string of the molecule is Cc1cc(C)cc(-n2c(SC[C@@H](C)C#N)nc3ccccc3c2=O)c1. The molecule has 0 aliphatic rings. The van der Waals surface area contributed by atoms with Gasteiger partial charge in [-0.05, 0) is 56.2 Å². The number of aromatic nitrogens is 2. The van der Waals surface area contributed by atoms with Crippen molar-refractivity contribution in [1.29, 1.82) is 5.26 Å². The molecule has 0 unspecified atom stereocenters. The summed E-state index contributed by atoms with van der Waals surface area (Å²) in [4.78, 5) is 17.8. The third-order valence-corrected chi connectivity index (χ3v) is 5.09. The summed E-state index contributed by atoms with van der Waals surface area (Å²) in [5.41, 5.74) is 3.60. The van der Waals surface area contributed by atoms with E-state index >= 15 is 0 Å². The standard InChI is InChI=1S/C20H19N3OS/c1-13-8-14(2)10-16(9-13)23-19(24)17-6-4-5-7-18(17)22-20(23)25-12-15(3)11-21/h4-10,15H,12H2,1-3H3/t15-/m0/s1. The maximum atomic E-state index is 13.1. The van der Waals surface area contributed by atoms with Crippen LogP contribution in [0.25, 0.3) is 16.6 Å². The Morgan fingerprint density at radius 1 is 1.20 bits per heavy atom. The van der Waals surface area contributed by atoms with E-state index in [1.165, 1.54) is 11.8 Å². The fourth-order valence-electron chi connectivity index (χ4n) is 2.75. The molecule has 1 atom stereocenters. The molecule has 0 saturated heterocycles. The predicted molar refractivity (Wildman–Crippen MR) is 102 cm³/mol. The van der Waals surface area contributed by atoms with Crippen LogP contribution in [0.5, 0.6) is 0 Å². The Labute approximate surface area is 151 Å². The molecular formula is C20H19N3OS. The molecule has 0 fully saturated rings. The largest absolute Gasteiger partial charge is 0.268 e. The summed E-state index contributed by atoms with van der Waals surface area (Å²) >= 11 is 1.44. The van der Waals surface area contributed by atoms with E-state index in [2.05, 4.69) is 12.1 Å². The molecule has 3 rings (SSSR count). The lowest BCUT2D eigenvalue weighted by Gasteiger charge is -2.14. The summed E-state index contributed by atoms with van der Waals surface area (Å²) in [5, 5.41) is 10.3. The monoisotopic (exact) mass is 349 g/mol. The highest BCUT2D eigenvalue weighted by Crippen LogP contribution is 2.24. The Hall–Kier alpha value is -2.58. The van der Waals surface area contributed by atoms with Crippen molar-refractivity contribution in [2.45, 2.75) is 25.9 Å². The lowest BCUT2D eigenvalue weighted by Crippen LogP contribution is -2.22. The van der Waals surface area contributed by atoms with Gasteiger partial charge >= 0.3 is 0 Å². The molecule has 2 aromatic carbocycles. The Morgan fingerprint density at radius 3 is 2.56 bits per heavy atom. The van der Waals surface area contributed by atoms with Crippen LogP contribution < -0.4 is 5.56 Å². The minimum absolute atomic E-state index is 0.0808. The van der Waals surface area contributed by atoms with E-state index in [4.69, 9.17) is 10.2 Å². The second kappa shape index (κ2) is 7.12. The molecule has 0 bridgehead atoms. The Kier molecular flexibility index (Phi) is 4.91. The number of benzene rings is 2. The van der Waals surface area contributed by atoms with Gasteiger partial charge in [0.2, 0.25) is 0 Å². The van der Waals surface area contributed by atoms with Crippen molar-refractivity contribution in [2.24, 2.45) is 5.92 Å². The van der Waals surface area contributed by atoms with Crippen molar-refractivity contribution in [2.75, 3.05) is 5.75 Å². The summed E-state index contributed by atoms with van der Waals surface area (Å²) in [6, 6.07) is 15.7. The first-order valence-corrected chi connectivity index (χ1v) is 9.11. The van der Waals surface area contributed by atoms with Crippen molar-refractivity contribution >= 4 is 22.7 Å². The predicted octanol–water partition coefficient (Wildman–Crippen LogP) is 4.25. The number of aryl methyl sites for hydroxylation is 2. The van der Waals surface area contributed by atoms with Crippen LogP contribution in [0.3, 0.4) is 0 Å². The molecule has 0 spiro atoms. The molecule has 1 aromatic heterocycles. The molecule has 4 nitrogen and oxygen atoms in total. The van der Waals surface area contributed by atoms with Gasteiger partial charge in [0.15, 0.2) is 5.16 Å². The highest BCUT2D eigenvalue weighted by molar-refractivity contribution is 7.99. The number of fused-ring (bicyclic) bond motifs is 1. The van der Waals surface area contributed by atoms with Crippen LogP contribution in [-0.4, -0.2) is 15.3 Å². The van der Waals surface area contributed by atoms with Crippen molar-refractivity contribution in [3.8, 4) is 11.8 Å². The molecule has 126 valence electrons. The van der Waals surface area contributed by atoms with Crippen LogP contribution in [0.15, 0.2) is 52.4 Å². The molecule has 0 saturated carbocycles. The third-order valence-electron chi connectivity index (χ3n) is 3.89. The molecule has 0 aliphatic carbocycles. The second-order valence-electron chi connectivity index (χ2n) is 6.24. The summed E-state index contributed by atoms with van der Waals surface area (Å²) in [5.74, 6) is 0.479. The maximum absolute atomic E-state index is 13.1. The minimum atomic E-state index is -0.110. The van der Waals surface area contributed by atoms with Gasteiger partial charge in [-0.25, -0.2) is 4.98 Å². The maximum Gasteiger partial charge on any atom is 0.266 e. The van der Waals surface area contributed by atoms with E-state index in [1.54, 1.807) is 10.6 Å². The van der Waals surface area contributed by atoms with E-state index in [9.17, 15) is 4.79 Å². The number of hydrogen-bond donors (Lipinski definition) is 0. The van der Waals surface area contributed by atoms with Crippen molar-refractivity contribution in [1.82, 2.24) is 9.55 Å². The zero-order valence-corrected chi connectivity index (χ0v) is 15.3. The highest BCUT2D eigenvalue weighted by Gasteiger charge is 2.14. The second-order valence-corrected chi connectivity index (χ2v) is 7.23. The van der Waals surface area contributed by atoms with Crippen LogP contribution in [0.2, 0.25) is 0 Å². The average molecular weight is 349 g/mol.